The van der Waals surface area contributed by atoms with Crippen molar-refractivity contribution in [1.29, 1.82) is 0 Å². The number of nitrogens with one attached hydrogen (secondary N) is 1. The van der Waals surface area contributed by atoms with E-state index in [9.17, 15) is 4.79 Å². The van der Waals surface area contributed by atoms with Crippen molar-refractivity contribution in [3.05, 3.63) is 59.6 Å². The van der Waals surface area contributed by atoms with Gasteiger partial charge in [-0.1, -0.05) is 12.1 Å². The van der Waals surface area contributed by atoms with Gasteiger partial charge in [-0.3, -0.25) is 4.79 Å². The van der Waals surface area contributed by atoms with Gasteiger partial charge in [0.25, 0.3) is 0 Å². The van der Waals surface area contributed by atoms with Crippen molar-refractivity contribution in [2.24, 2.45) is 0 Å². The molecule has 1 saturated heterocycles. The Hall–Kier alpha value is -2.53. The topological polar surface area (TPSA) is 60.7 Å². The SMILES string of the molecule is COc1ccc(C2(CNC(=O)/C=C/c3ccc(C)o3)CCOCC2)cc1. The Labute approximate surface area is 154 Å². The first-order valence-electron chi connectivity index (χ1n) is 8.86. The van der Waals surface area contributed by atoms with Crippen molar-refractivity contribution in [2.45, 2.75) is 25.2 Å². The molecule has 0 bridgehead atoms. The molecule has 1 aliphatic heterocycles. The number of aryl methyl sites for hydroxylation is 1. The number of furan rings is 1. The van der Waals surface area contributed by atoms with Crippen LogP contribution in [0.4, 0.5) is 0 Å². The van der Waals surface area contributed by atoms with Gasteiger partial charge in [-0.2, -0.15) is 0 Å². The molecule has 0 aliphatic carbocycles. The number of carbonyl (C=O) groups is 1. The first kappa shape index (κ1) is 18.3. The van der Waals surface area contributed by atoms with Crippen LogP contribution in [-0.2, 0) is 14.9 Å². The van der Waals surface area contributed by atoms with Gasteiger partial charge in [0.1, 0.15) is 17.3 Å². The Morgan fingerprint density at radius 2 is 1.92 bits per heavy atom. The zero-order valence-electron chi connectivity index (χ0n) is 15.3. The number of ether oxygens (including phenoxy) is 2. The van der Waals surface area contributed by atoms with E-state index < -0.39 is 0 Å². The smallest absolute Gasteiger partial charge is 0.244 e. The average Bonchev–Trinajstić information content (AvgIpc) is 3.11. The molecular formula is C21H25NO4. The lowest BCUT2D eigenvalue weighted by molar-refractivity contribution is -0.116. The van der Waals surface area contributed by atoms with E-state index in [0.717, 1.165) is 24.4 Å². The molecule has 138 valence electrons. The maximum Gasteiger partial charge on any atom is 0.244 e. The molecule has 1 aromatic carbocycles. The first-order valence-corrected chi connectivity index (χ1v) is 8.86. The maximum atomic E-state index is 12.2. The fourth-order valence-corrected chi connectivity index (χ4v) is 3.29. The van der Waals surface area contributed by atoms with Gasteiger partial charge in [0.2, 0.25) is 5.91 Å². The van der Waals surface area contributed by atoms with Crippen LogP contribution < -0.4 is 10.1 Å². The van der Waals surface area contributed by atoms with Gasteiger partial charge in [0.15, 0.2) is 0 Å². The van der Waals surface area contributed by atoms with Gasteiger partial charge < -0.3 is 19.2 Å². The quantitative estimate of drug-likeness (QED) is 0.806. The average molecular weight is 355 g/mol. The molecule has 0 saturated carbocycles. The van der Waals surface area contributed by atoms with Crippen LogP contribution in [0.3, 0.4) is 0 Å². The molecular weight excluding hydrogens is 330 g/mol. The molecule has 1 aliphatic rings. The van der Waals surface area contributed by atoms with E-state index in [0.29, 0.717) is 25.5 Å². The Kier molecular flexibility index (Phi) is 5.78. The van der Waals surface area contributed by atoms with Crippen LogP contribution in [0, 0.1) is 6.92 Å². The molecule has 1 aromatic heterocycles. The van der Waals surface area contributed by atoms with E-state index in [2.05, 4.69) is 17.4 Å². The van der Waals surface area contributed by atoms with Crippen LogP contribution in [0.1, 0.15) is 29.9 Å². The second kappa shape index (κ2) is 8.23. The summed E-state index contributed by atoms with van der Waals surface area (Å²) in [6, 6.07) is 11.8. The summed E-state index contributed by atoms with van der Waals surface area (Å²) in [7, 11) is 1.66. The normalized spacial score (nSPS) is 16.5. The predicted octanol–water partition coefficient (Wildman–Crippen LogP) is 3.47. The van der Waals surface area contributed by atoms with Gasteiger partial charge in [0.05, 0.1) is 7.11 Å². The van der Waals surface area contributed by atoms with E-state index in [1.165, 1.54) is 11.6 Å². The van der Waals surface area contributed by atoms with E-state index in [1.807, 2.05) is 31.2 Å². The molecule has 3 rings (SSSR count). The van der Waals surface area contributed by atoms with Crippen molar-refractivity contribution < 1.29 is 18.7 Å². The number of carbonyl (C=O) groups excluding carboxylic acids is 1. The van der Waals surface area contributed by atoms with Gasteiger partial charge in [0, 0.05) is 31.2 Å². The highest BCUT2D eigenvalue weighted by Crippen LogP contribution is 2.35. The largest absolute Gasteiger partial charge is 0.497 e. The van der Waals surface area contributed by atoms with E-state index in [1.54, 1.807) is 13.2 Å². The van der Waals surface area contributed by atoms with Crippen LogP contribution in [0.5, 0.6) is 5.75 Å². The number of amides is 1. The van der Waals surface area contributed by atoms with Gasteiger partial charge in [-0.05, 0) is 55.7 Å². The summed E-state index contributed by atoms with van der Waals surface area (Å²) in [5.74, 6) is 2.20. The van der Waals surface area contributed by atoms with E-state index in [-0.39, 0.29) is 11.3 Å². The molecule has 0 radical (unpaired) electrons. The second-order valence-corrected chi connectivity index (χ2v) is 6.62. The molecule has 1 fully saturated rings. The molecule has 5 heteroatoms. The third-order valence-corrected chi connectivity index (χ3v) is 4.91. The van der Waals surface area contributed by atoms with Crippen molar-refractivity contribution in [3.8, 4) is 5.75 Å². The van der Waals surface area contributed by atoms with Gasteiger partial charge in [-0.25, -0.2) is 0 Å². The van der Waals surface area contributed by atoms with Crippen molar-refractivity contribution in [3.63, 3.8) is 0 Å². The number of benzene rings is 1. The monoisotopic (exact) mass is 355 g/mol. The van der Waals surface area contributed by atoms with Crippen molar-refractivity contribution >= 4 is 12.0 Å². The molecule has 0 spiro atoms. The number of hydrogen-bond donors (Lipinski definition) is 1. The van der Waals surface area contributed by atoms with Crippen molar-refractivity contribution in [1.82, 2.24) is 5.32 Å². The molecule has 1 amide bonds. The Morgan fingerprint density at radius 3 is 2.54 bits per heavy atom. The van der Waals surface area contributed by atoms with Gasteiger partial charge in [-0.15, -0.1) is 0 Å². The minimum atomic E-state index is -0.126. The summed E-state index contributed by atoms with van der Waals surface area (Å²) < 4.78 is 16.2. The fraction of sp³-hybridized carbons (Fsp3) is 0.381. The van der Waals surface area contributed by atoms with Crippen LogP contribution >= 0.6 is 0 Å². The maximum absolute atomic E-state index is 12.2. The molecule has 2 heterocycles. The highest BCUT2D eigenvalue weighted by molar-refractivity contribution is 5.91. The summed E-state index contributed by atoms with van der Waals surface area (Å²) in [4.78, 5) is 12.2. The third-order valence-electron chi connectivity index (χ3n) is 4.91. The molecule has 0 unspecified atom stereocenters. The van der Waals surface area contributed by atoms with E-state index >= 15 is 0 Å². The summed E-state index contributed by atoms with van der Waals surface area (Å²) in [6.07, 6.45) is 4.95. The standard InChI is InChI=1S/C21H25NO4/c1-16-3-6-19(26-16)9-10-20(23)22-15-21(11-13-25-14-12-21)17-4-7-18(24-2)8-5-17/h3-10H,11-15H2,1-2H3,(H,22,23)/b10-9+. The Morgan fingerprint density at radius 1 is 1.19 bits per heavy atom. The van der Waals surface area contributed by atoms with Crippen molar-refractivity contribution in [2.75, 3.05) is 26.9 Å². The molecule has 1 N–H and O–H groups in total. The van der Waals surface area contributed by atoms with Crippen LogP contribution in [-0.4, -0.2) is 32.8 Å². The Balaban J connectivity index is 1.68. The predicted molar refractivity (Wildman–Crippen MR) is 100 cm³/mol. The highest BCUT2D eigenvalue weighted by atomic mass is 16.5. The van der Waals surface area contributed by atoms with Gasteiger partial charge >= 0.3 is 0 Å². The zero-order chi connectivity index (χ0) is 18.4. The summed E-state index contributed by atoms with van der Waals surface area (Å²) in [5.41, 5.74) is 1.09. The molecule has 0 atom stereocenters. The van der Waals surface area contributed by atoms with Crippen LogP contribution in [0.15, 0.2) is 46.9 Å². The summed E-state index contributed by atoms with van der Waals surface area (Å²) >= 11 is 0. The fourth-order valence-electron chi connectivity index (χ4n) is 3.29. The molecule has 5 nitrogen and oxygen atoms in total. The Bertz CT molecular complexity index is 755. The first-order chi connectivity index (χ1) is 12.6. The molecule has 26 heavy (non-hydrogen) atoms. The lowest BCUT2D eigenvalue weighted by Gasteiger charge is -2.38. The number of methoxy groups -OCH3 is 1. The summed E-state index contributed by atoms with van der Waals surface area (Å²) in [6.45, 7) is 3.84. The minimum absolute atomic E-state index is 0.116. The van der Waals surface area contributed by atoms with E-state index in [4.69, 9.17) is 13.9 Å². The number of hydrogen-bond acceptors (Lipinski definition) is 4. The highest BCUT2D eigenvalue weighted by Gasteiger charge is 2.34. The second-order valence-electron chi connectivity index (χ2n) is 6.62. The summed E-state index contributed by atoms with van der Waals surface area (Å²) in [5, 5.41) is 3.04. The third kappa shape index (κ3) is 4.35. The lowest BCUT2D eigenvalue weighted by atomic mass is 9.74. The van der Waals surface area contributed by atoms with Crippen LogP contribution in [0.25, 0.3) is 6.08 Å². The lowest BCUT2D eigenvalue weighted by Crippen LogP contribution is -2.44. The minimum Gasteiger partial charge on any atom is -0.497 e. The zero-order valence-corrected chi connectivity index (χ0v) is 15.3. The number of rotatable bonds is 6. The van der Waals surface area contributed by atoms with Crippen LogP contribution in [0.2, 0.25) is 0 Å². The molecule has 2 aromatic rings.